The molecular weight excluding hydrogens is 194 g/mol. The van der Waals surface area contributed by atoms with E-state index in [0.29, 0.717) is 5.41 Å². The predicted molar refractivity (Wildman–Crippen MR) is 69.1 cm³/mol. The lowest BCUT2D eigenvalue weighted by Crippen LogP contribution is -2.31. The SMILES string of the molecule is CN1CC2(CCCCCC2)c2ccccc21. The molecule has 0 bridgehead atoms. The number of likely N-dealkylation sites (N-methyl/N-ethyl adjacent to an activating group) is 1. The van der Waals surface area contributed by atoms with Crippen LogP contribution >= 0.6 is 0 Å². The summed E-state index contributed by atoms with van der Waals surface area (Å²) in [5, 5.41) is 0. The summed E-state index contributed by atoms with van der Waals surface area (Å²) < 4.78 is 0. The Hall–Kier alpha value is -0.980. The minimum atomic E-state index is 0.488. The molecule has 2 aliphatic rings. The summed E-state index contributed by atoms with van der Waals surface area (Å²) in [6.45, 7) is 1.24. The Morgan fingerprint density at radius 1 is 1.00 bits per heavy atom. The molecule has 1 spiro atoms. The summed E-state index contributed by atoms with van der Waals surface area (Å²) in [5.74, 6) is 0. The van der Waals surface area contributed by atoms with Crippen molar-refractivity contribution in [2.45, 2.75) is 43.9 Å². The van der Waals surface area contributed by atoms with Crippen molar-refractivity contribution in [1.29, 1.82) is 0 Å². The third-order valence-electron chi connectivity index (χ3n) is 4.49. The first-order valence-electron chi connectivity index (χ1n) is 6.63. The van der Waals surface area contributed by atoms with Crippen molar-refractivity contribution in [3.8, 4) is 0 Å². The molecule has 1 nitrogen and oxygen atoms in total. The van der Waals surface area contributed by atoms with E-state index in [9.17, 15) is 0 Å². The molecule has 1 aromatic carbocycles. The number of para-hydroxylation sites is 1. The van der Waals surface area contributed by atoms with E-state index in [4.69, 9.17) is 0 Å². The van der Waals surface area contributed by atoms with E-state index in [1.165, 1.54) is 50.8 Å². The summed E-state index contributed by atoms with van der Waals surface area (Å²) >= 11 is 0. The third-order valence-corrected chi connectivity index (χ3v) is 4.49. The van der Waals surface area contributed by atoms with Gasteiger partial charge in [-0.25, -0.2) is 0 Å². The zero-order valence-electron chi connectivity index (χ0n) is 10.2. The maximum atomic E-state index is 2.46. The highest BCUT2D eigenvalue weighted by molar-refractivity contribution is 5.62. The molecule has 0 unspecified atom stereocenters. The van der Waals surface area contributed by atoms with E-state index >= 15 is 0 Å². The number of hydrogen-bond donors (Lipinski definition) is 0. The lowest BCUT2D eigenvalue weighted by molar-refractivity contribution is 0.397. The third kappa shape index (κ3) is 1.45. The topological polar surface area (TPSA) is 3.24 Å². The van der Waals surface area contributed by atoms with Gasteiger partial charge in [-0.15, -0.1) is 0 Å². The van der Waals surface area contributed by atoms with Crippen LogP contribution in [0.3, 0.4) is 0 Å². The second kappa shape index (κ2) is 3.80. The molecule has 1 saturated carbocycles. The molecule has 1 heterocycles. The molecule has 0 aromatic heterocycles. The van der Waals surface area contributed by atoms with Crippen LogP contribution in [0.2, 0.25) is 0 Å². The van der Waals surface area contributed by atoms with Crippen LogP contribution in [0.4, 0.5) is 5.69 Å². The van der Waals surface area contributed by atoms with Gasteiger partial charge in [-0.05, 0) is 24.5 Å². The first-order valence-corrected chi connectivity index (χ1v) is 6.63. The molecule has 3 rings (SSSR count). The van der Waals surface area contributed by atoms with E-state index in [-0.39, 0.29) is 0 Å². The van der Waals surface area contributed by atoms with Gasteiger partial charge < -0.3 is 4.90 Å². The Morgan fingerprint density at radius 2 is 1.69 bits per heavy atom. The van der Waals surface area contributed by atoms with E-state index in [1.807, 2.05) is 0 Å². The predicted octanol–water partition coefficient (Wildman–Crippen LogP) is 3.73. The minimum absolute atomic E-state index is 0.488. The van der Waals surface area contributed by atoms with Crippen molar-refractivity contribution >= 4 is 5.69 Å². The standard InChI is InChI=1S/C15H21N/c1-16-12-15(10-6-2-3-7-11-15)13-8-4-5-9-14(13)16/h4-5,8-9H,2-3,6-7,10-12H2,1H3. The van der Waals surface area contributed by atoms with Gasteiger partial charge in [0.2, 0.25) is 0 Å². The van der Waals surface area contributed by atoms with Crippen LogP contribution < -0.4 is 4.90 Å². The van der Waals surface area contributed by atoms with Crippen molar-refractivity contribution in [1.82, 2.24) is 0 Å². The summed E-state index contributed by atoms with van der Waals surface area (Å²) in [5.41, 5.74) is 3.59. The Morgan fingerprint density at radius 3 is 2.44 bits per heavy atom. The fourth-order valence-corrected chi connectivity index (χ4v) is 3.71. The summed E-state index contributed by atoms with van der Waals surface area (Å²) in [6.07, 6.45) is 8.51. The minimum Gasteiger partial charge on any atom is -0.373 e. The van der Waals surface area contributed by atoms with Gasteiger partial charge in [-0.2, -0.15) is 0 Å². The number of hydrogen-bond acceptors (Lipinski definition) is 1. The second-order valence-electron chi connectivity index (χ2n) is 5.57. The van der Waals surface area contributed by atoms with Crippen molar-refractivity contribution in [3.63, 3.8) is 0 Å². The Balaban J connectivity index is 2.03. The van der Waals surface area contributed by atoms with Crippen molar-refractivity contribution in [3.05, 3.63) is 29.8 Å². The molecule has 1 aliphatic heterocycles. The quantitative estimate of drug-likeness (QED) is 0.637. The number of fused-ring (bicyclic) bond motifs is 2. The maximum Gasteiger partial charge on any atom is 0.0402 e. The fraction of sp³-hybridized carbons (Fsp3) is 0.600. The molecule has 0 amide bonds. The van der Waals surface area contributed by atoms with Crippen LogP contribution in [-0.4, -0.2) is 13.6 Å². The summed E-state index contributed by atoms with van der Waals surface area (Å²) in [6, 6.07) is 9.04. The van der Waals surface area contributed by atoms with E-state index < -0.39 is 0 Å². The van der Waals surface area contributed by atoms with Crippen molar-refractivity contribution < 1.29 is 0 Å². The normalized spacial score (nSPS) is 23.2. The van der Waals surface area contributed by atoms with Crippen LogP contribution in [0, 0.1) is 0 Å². The van der Waals surface area contributed by atoms with Gasteiger partial charge in [0.25, 0.3) is 0 Å². The number of anilines is 1. The number of benzene rings is 1. The number of rotatable bonds is 0. The Kier molecular flexibility index (Phi) is 2.42. The highest BCUT2D eigenvalue weighted by Gasteiger charge is 2.40. The van der Waals surface area contributed by atoms with Crippen LogP contribution in [0.25, 0.3) is 0 Å². The van der Waals surface area contributed by atoms with E-state index in [1.54, 1.807) is 5.56 Å². The van der Waals surface area contributed by atoms with Gasteiger partial charge in [-0.1, -0.05) is 43.9 Å². The average Bonchev–Trinajstić information content (AvgIpc) is 2.49. The van der Waals surface area contributed by atoms with Crippen molar-refractivity contribution in [2.24, 2.45) is 0 Å². The van der Waals surface area contributed by atoms with Gasteiger partial charge in [0.15, 0.2) is 0 Å². The van der Waals surface area contributed by atoms with Crippen LogP contribution in [0.15, 0.2) is 24.3 Å². The maximum absolute atomic E-state index is 2.46. The zero-order chi connectivity index (χ0) is 11.0. The zero-order valence-corrected chi connectivity index (χ0v) is 10.2. The molecule has 86 valence electrons. The molecule has 1 aliphatic carbocycles. The van der Waals surface area contributed by atoms with E-state index in [0.717, 1.165) is 0 Å². The molecular formula is C15H21N. The lowest BCUT2D eigenvalue weighted by Gasteiger charge is -2.28. The van der Waals surface area contributed by atoms with Crippen LogP contribution in [0.5, 0.6) is 0 Å². The van der Waals surface area contributed by atoms with Crippen molar-refractivity contribution in [2.75, 3.05) is 18.5 Å². The van der Waals surface area contributed by atoms with Gasteiger partial charge in [0.1, 0.15) is 0 Å². The highest BCUT2D eigenvalue weighted by Crippen LogP contribution is 2.47. The van der Waals surface area contributed by atoms with Gasteiger partial charge in [-0.3, -0.25) is 0 Å². The molecule has 16 heavy (non-hydrogen) atoms. The molecule has 1 heteroatoms. The molecule has 0 atom stereocenters. The Bertz CT molecular complexity index is 375. The first-order chi connectivity index (χ1) is 7.82. The van der Waals surface area contributed by atoms with Crippen LogP contribution in [-0.2, 0) is 5.41 Å². The molecule has 0 N–H and O–H groups in total. The second-order valence-corrected chi connectivity index (χ2v) is 5.57. The molecule has 0 radical (unpaired) electrons. The average molecular weight is 215 g/mol. The molecule has 0 saturated heterocycles. The van der Waals surface area contributed by atoms with Crippen LogP contribution in [0.1, 0.15) is 44.1 Å². The molecule has 1 aromatic rings. The lowest BCUT2D eigenvalue weighted by atomic mass is 9.76. The Labute approximate surface area is 98.5 Å². The highest BCUT2D eigenvalue weighted by atomic mass is 15.1. The number of nitrogens with zero attached hydrogens (tertiary/aromatic N) is 1. The summed E-state index contributed by atoms with van der Waals surface area (Å²) in [7, 11) is 2.25. The largest absolute Gasteiger partial charge is 0.373 e. The summed E-state index contributed by atoms with van der Waals surface area (Å²) in [4.78, 5) is 2.46. The van der Waals surface area contributed by atoms with Gasteiger partial charge in [0, 0.05) is 24.7 Å². The molecule has 1 fully saturated rings. The first kappa shape index (κ1) is 10.2. The van der Waals surface area contributed by atoms with Gasteiger partial charge in [0.05, 0.1) is 0 Å². The monoisotopic (exact) mass is 215 g/mol. The fourth-order valence-electron chi connectivity index (χ4n) is 3.71. The van der Waals surface area contributed by atoms with E-state index in [2.05, 4.69) is 36.2 Å². The smallest absolute Gasteiger partial charge is 0.0402 e. The van der Waals surface area contributed by atoms with Gasteiger partial charge >= 0.3 is 0 Å².